The van der Waals surface area contributed by atoms with Gasteiger partial charge >= 0.3 is 6.16 Å². The number of para-hydroxylation sites is 1. The smallest absolute Gasteiger partial charge is 0.431 e. The molecule has 2 unspecified atom stereocenters. The summed E-state index contributed by atoms with van der Waals surface area (Å²) in [5.41, 5.74) is 0.973. The predicted molar refractivity (Wildman–Crippen MR) is 88.4 cm³/mol. The molecule has 0 radical (unpaired) electrons. The maximum absolute atomic E-state index is 11.8. The van der Waals surface area contributed by atoms with Crippen molar-refractivity contribution in [1.29, 1.82) is 0 Å². The zero-order valence-electron chi connectivity index (χ0n) is 13.5. The van der Waals surface area contributed by atoms with E-state index < -0.39 is 6.16 Å². The highest BCUT2D eigenvalue weighted by atomic mass is 16.7. The van der Waals surface area contributed by atoms with Crippen LogP contribution in [0, 0.1) is 0 Å². The summed E-state index contributed by atoms with van der Waals surface area (Å²) in [5.74, 6) is 0.455. The van der Waals surface area contributed by atoms with E-state index in [0.717, 1.165) is 12.0 Å². The second-order valence-electron chi connectivity index (χ2n) is 5.23. The summed E-state index contributed by atoms with van der Waals surface area (Å²) in [6.45, 7) is 4.16. The van der Waals surface area contributed by atoms with Crippen LogP contribution in [0.4, 0.5) is 4.79 Å². The van der Waals surface area contributed by atoms with Gasteiger partial charge in [-0.1, -0.05) is 55.5 Å². The molecule has 2 aromatic rings. The maximum Gasteiger partial charge on any atom is 0.513 e. The molecule has 23 heavy (non-hydrogen) atoms. The lowest BCUT2D eigenvalue weighted by Gasteiger charge is -2.22. The lowest BCUT2D eigenvalue weighted by molar-refractivity contribution is -0.0435. The highest BCUT2D eigenvalue weighted by Gasteiger charge is 2.18. The Bertz CT molecular complexity index is 583. The SMILES string of the molecule is CCC(C)OC(COC(=O)Oc1ccccc1)c1ccccc1. The second kappa shape index (κ2) is 8.96. The molecule has 0 spiro atoms. The summed E-state index contributed by atoms with van der Waals surface area (Å²) < 4.78 is 16.3. The molecule has 0 aromatic heterocycles. The molecule has 0 heterocycles. The fourth-order valence-corrected chi connectivity index (χ4v) is 2.02. The van der Waals surface area contributed by atoms with Gasteiger partial charge < -0.3 is 14.2 Å². The monoisotopic (exact) mass is 314 g/mol. The van der Waals surface area contributed by atoms with Gasteiger partial charge in [0.15, 0.2) is 0 Å². The Morgan fingerprint density at radius 1 is 1.00 bits per heavy atom. The van der Waals surface area contributed by atoms with Crippen molar-refractivity contribution < 1.29 is 19.0 Å². The Kier molecular flexibility index (Phi) is 6.63. The van der Waals surface area contributed by atoms with Crippen molar-refractivity contribution in [2.24, 2.45) is 0 Å². The third kappa shape index (κ3) is 5.75. The Hall–Kier alpha value is -2.33. The second-order valence-corrected chi connectivity index (χ2v) is 5.23. The van der Waals surface area contributed by atoms with Crippen LogP contribution in [0.3, 0.4) is 0 Å². The molecular weight excluding hydrogens is 292 g/mol. The quantitative estimate of drug-likeness (QED) is 0.546. The van der Waals surface area contributed by atoms with Crippen molar-refractivity contribution in [1.82, 2.24) is 0 Å². The normalized spacial score (nSPS) is 13.1. The first-order chi connectivity index (χ1) is 11.2. The average Bonchev–Trinajstić information content (AvgIpc) is 2.60. The van der Waals surface area contributed by atoms with Crippen LogP contribution < -0.4 is 4.74 Å². The Morgan fingerprint density at radius 3 is 2.22 bits per heavy atom. The molecular formula is C19H22O4. The third-order valence-corrected chi connectivity index (χ3v) is 3.44. The first kappa shape index (κ1) is 17.0. The number of ether oxygens (including phenoxy) is 3. The first-order valence-corrected chi connectivity index (χ1v) is 7.79. The lowest BCUT2D eigenvalue weighted by Crippen LogP contribution is -2.21. The van der Waals surface area contributed by atoms with E-state index >= 15 is 0 Å². The predicted octanol–water partition coefficient (Wildman–Crippen LogP) is 4.76. The van der Waals surface area contributed by atoms with E-state index in [9.17, 15) is 4.79 Å². The molecule has 0 saturated heterocycles. The number of hydrogen-bond donors (Lipinski definition) is 0. The molecule has 0 bridgehead atoms. The van der Waals surface area contributed by atoms with Crippen LogP contribution in [0.15, 0.2) is 60.7 Å². The van der Waals surface area contributed by atoms with Crippen molar-refractivity contribution in [3.05, 3.63) is 66.2 Å². The van der Waals surface area contributed by atoms with Gasteiger partial charge in [0.1, 0.15) is 18.5 Å². The van der Waals surface area contributed by atoms with Gasteiger partial charge in [-0.3, -0.25) is 0 Å². The minimum Gasteiger partial charge on any atom is -0.431 e. The van der Waals surface area contributed by atoms with E-state index in [-0.39, 0.29) is 18.8 Å². The number of benzene rings is 2. The van der Waals surface area contributed by atoms with Gasteiger partial charge in [-0.2, -0.15) is 0 Å². The highest BCUT2D eigenvalue weighted by molar-refractivity contribution is 5.63. The molecule has 0 saturated carbocycles. The molecule has 0 aliphatic heterocycles. The van der Waals surface area contributed by atoms with Gasteiger partial charge in [-0.25, -0.2) is 4.79 Å². The first-order valence-electron chi connectivity index (χ1n) is 7.79. The van der Waals surface area contributed by atoms with E-state index in [2.05, 4.69) is 6.92 Å². The van der Waals surface area contributed by atoms with Gasteiger partial charge in [0.25, 0.3) is 0 Å². The van der Waals surface area contributed by atoms with Crippen molar-refractivity contribution in [2.45, 2.75) is 32.5 Å². The fourth-order valence-electron chi connectivity index (χ4n) is 2.02. The molecule has 0 fully saturated rings. The molecule has 2 aromatic carbocycles. The summed E-state index contributed by atoms with van der Waals surface area (Å²) in [6.07, 6.45) is -0.0778. The van der Waals surface area contributed by atoms with Gasteiger partial charge in [0, 0.05) is 0 Å². The van der Waals surface area contributed by atoms with Gasteiger partial charge in [-0.05, 0) is 31.0 Å². The van der Waals surface area contributed by atoms with E-state index in [0.29, 0.717) is 5.75 Å². The van der Waals surface area contributed by atoms with Crippen LogP contribution in [0.1, 0.15) is 31.9 Å². The van der Waals surface area contributed by atoms with E-state index in [1.165, 1.54) is 0 Å². The summed E-state index contributed by atoms with van der Waals surface area (Å²) in [5, 5.41) is 0. The Labute approximate surface area is 137 Å². The van der Waals surface area contributed by atoms with Crippen LogP contribution in [-0.4, -0.2) is 18.9 Å². The largest absolute Gasteiger partial charge is 0.513 e. The van der Waals surface area contributed by atoms with Crippen molar-refractivity contribution in [2.75, 3.05) is 6.61 Å². The van der Waals surface area contributed by atoms with Crippen LogP contribution in [0.2, 0.25) is 0 Å². The molecule has 0 amide bonds. The van der Waals surface area contributed by atoms with Gasteiger partial charge in [-0.15, -0.1) is 0 Å². The average molecular weight is 314 g/mol. The molecule has 2 atom stereocenters. The molecule has 4 heteroatoms. The highest BCUT2D eigenvalue weighted by Crippen LogP contribution is 2.21. The standard InChI is InChI=1S/C19H22O4/c1-3-15(2)22-18(16-10-6-4-7-11-16)14-21-19(20)23-17-12-8-5-9-13-17/h4-13,15,18H,3,14H2,1-2H3. The summed E-state index contributed by atoms with van der Waals surface area (Å²) in [6, 6.07) is 18.6. The Balaban J connectivity index is 1.93. The van der Waals surface area contributed by atoms with Gasteiger partial charge in [0.2, 0.25) is 0 Å². The minimum absolute atomic E-state index is 0.0777. The minimum atomic E-state index is -0.732. The molecule has 0 aliphatic rings. The van der Waals surface area contributed by atoms with Crippen molar-refractivity contribution in [3.63, 3.8) is 0 Å². The summed E-state index contributed by atoms with van der Waals surface area (Å²) >= 11 is 0. The lowest BCUT2D eigenvalue weighted by atomic mass is 10.1. The van der Waals surface area contributed by atoms with Crippen LogP contribution in [0.5, 0.6) is 5.75 Å². The van der Waals surface area contributed by atoms with Gasteiger partial charge in [0.05, 0.1) is 6.10 Å². The number of carbonyl (C=O) groups excluding carboxylic acids is 1. The zero-order chi connectivity index (χ0) is 16.5. The van der Waals surface area contributed by atoms with E-state index in [1.54, 1.807) is 24.3 Å². The molecule has 122 valence electrons. The number of rotatable bonds is 7. The third-order valence-electron chi connectivity index (χ3n) is 3.44. The topological polar surface area (TPSA) is 44.8 Å². The van der Waals surface area contributed by atoms with Crippen LogP contribution >= 0.6 is 0 Å². The summed E-state index contributed by atoms with van der Waals surface area (Å²) in [4.78, 5) is 11.8. The van der Waals surface area contributed by atoms with Crippen LogP contribution in [0.25, 0.3) is 0 Å². The number of carbonyl (C=O) groups is 1. The maximum atomic E-state index is 11.8. The van der Waals surface area contributed by atoms with Crippen molar-refractivity contribution >= 4 is 6.16 Å². The van der Waals surface area contributed by atoms with Crippen LogP contribution in [-0.2, 0) is 9.47 Å². The number of hydrogen-bond acceptors (Lipinski definition) is 4. The van der Waals surface area contributed by atoms with Crippen molar-refractivity contribution in [3.8, 4) is 5.75 Å². The fraction of sp³-hybridized carbons (Fsp3) is 0.316. The zero-order valence-corrected chi connectivity index (χ0v) is 13.5. The Morgan fingerprint density at radius 2 is 1.61 bits per heavy atom. The molecule has 4 nitrogen and oxygen atoms in total. The van der Waals surface area contributed by atoms with E-state index in [4.69, 9.17) is 14.2 Å². The van der Waals surface area contributed by atoms with E-state index in [1.807, 2.05) is 43.3 Å². The molecule has 0 aliphatic carbocycles. The molecule has 0 N–H and O–H groups in total. The molecule has 2 rings (SSSR count). The summed E-state index contributed by atoms with van der Waals surface area (Å²) in [7, 11) is 0.